The van der Waals surface area contributed by atoms with Crippen molar-refractivity contribution in [3.63, 3.8) is 0 Å². The normalized spacial score (nSPS) is 13.2. The Kier molecular flexibility index (Phi) is 6.05. The Morgan fingerprint density at radius 2 is 2.00 bits per heavy atom. The van der Waals surface area contributed by atoms with Crippen molar-refractivity contribution in [1.82, 2.24) is 15.3 Å². The molecule has 0 radical (unpaired) electrons. The molecule has 0 fully saturated rings. The molecule has 6 heteroatoms. The molecule has 2 rings (SSSR count). The summed E-state index contributed by atoms with van der Waals surface area (Å²) in [5.74, 6) is 0.475. The second-order valence-electron chi connectivity index (χ2n) is 5.43. The molecule has 2 aromatic rings. The van der Waals surface area contributed by atoms with Gasteiger partial charge in [-0.25, -0.2) is 9.97 Å². The summed E-state index contributed by atoms with van der Waals surface area (Å²) in [7, 11) is 0. The van der Waals surface area contributed by atoms with Crippen LogP contribution in [-0.4, -0.2) is 33.6 Å². The molecule has 1 aromatic carbocycles. The highest BCUT2D eigenvalue weighted by molar-refractivity contribution is 5.95. The number of hydrogen-bond acceptors (Lipinski definition) is 5. The molecule has 0 unspecified atom stereocenters. The fraction of sp³-hybridized carbons (Fsp3) is 0.353. The van der Waals surface area contributed by atoms with Crippen molar-refractivity contribution in [2.75, 3.05) is 11.9 Å². The Bertz CT molecular complexity index is 634. The molecule has 0 aliphatic carbocycles. The maximum absolute atomic E-state index is 12.4. The van der Waals surface area contributed by atoms with Gasteiger partial charge in [-0.05, 0) is 30.2 Å². The van der Waals surface area contributed by atoms with Crippen molar-refractivity contribution in [1.29, 1.82) is 0 Å². The van der Waals surface area contributed by atoms with Gasteiger partial charge < -0.3 is 15.7 Å². The molecule has 122 valence electrons. The van der Waals surface area contributed by atoms with Gasteiger partial charge in [0.1, 0.15) is 0 Å². The Morgan fingerprint density at radius 1 is 1.26 bits per heavy atom. The first kappa shape index (κ1) is 16.9. The quantitative estimate of drug-likeness (QED) is 0.730. The highest BCUT2D eigenvalue weighted by atomic mass is 16.3. The molecular formula is C17H22N4O2. The molecule has 0 saturated heterocycles. The Balaban J connectivity index is 2.08. The fourth-order valence-corrected chi connectivity index (χ4v) is 2.14. The summed E-state index contributed by atoms with van der Waals surface area (Å²) >= 11 is 0. The Morgan fingerprint density at radius 3 is 2.65 bits per heavy atom. The Labute approximate surface area is 136 Å². The minimum atomic E-state index is -0.249. The van der Waals surface area contributed by atoms with Crippen LogP contribution >= 0.6 is 0 Å². The molecule has 3 N–H and O–H groups in total. The maximum Gasteiger partial charge on any atom is 0.251 e. The van der Waals surface area contributed by atoms with Crippen molar-refractivity contribution in [3.05, 3.63) is 48.3 Å². The molecular weight excluding hydrogens is 292 g/mol. The van der Waals surface area contributed by atoms with E-state index >= 15 is 0 Å². The number of rotatable bonds is 7. The lowest BCUT2D eigenvalue weighted by atomic mass is 9.99. The van der Waals surface area contributed by atoms with Crippen molar-refractivity contribution in [3.8, 4) is 0 Å². The van der Waals surface area contributed by atoms with Gasteiger partial charge in [0.15, 0.2) is 0 Å². The van der Waals surface area contributed by atoms with Crippen LogP contribution in [0.1, 0.15) is 30.6 Å². The van der Waals surface area contributed by atoms with E-state index in [2.05, 4.69) is 20.6 Å². The van der Waals surface area contributed by atoms with E-state index in [1.807, 2.05) is 19.9 Å². The minimum absolute atomic E-state index is 0.0729. The molecule has 0 aliphatic heterocycles. The van der Waals surface area contributed by atoms with E-state index in [-0.39, 0.29) is 24.5 Å². The van der Waals surface area contributed by atoms with E-state index in [0.29, 0.717) is 11.5 Å². The molecule has 23 heavy (non-hydrogen) atoms. The number of anilines is 2. The zero-order valence-corrected chi connectivity index (χ0v) is 13.4. The highest BCUT2D eigenvalue weighted by Gasteiger charge is 2.18. The summed E-state index contributed by atoms with van der Waals surface area (Å²) in [6, 6.07) is 8.58. The SMILES string of the molecule is CC[C@H](C)[C@@H](CO)NC(=O)c1cccc(Nc2ncccn2)c1. The number of benzene rings is 1. The number of aliphatic hydroxyl groups excluding tert-OH is 1. The van der Waals surface area contributed by atoms with E-state index in [9.17, 15) is 9.90 Å². The molecule has 1 aromatic heterocycles. The molecule has 2 atom stereocenters. The van der Waals surface area contributed by atoms with E-state index in [1.165, 1.54) is 0 Å². The van der Waals surface area contributed by atoms with Crippen molar-refractivity contribution >= 4 is 17.5 Å². The molecule has 0 aliphatic rings. The minimum Gasteiger partial charge on any atom is -0.394 e. The van der Waals surface area contributed by atoms with Gasteiger partial charge in [0, 0.05) is 23.6 Å². The van der Waals surface area contributed by atoms with Crippen molar-refractivity contribution in [2.24, 2.45) is 5.92 Å². The van der Waals surface area contributed by atoms with Gasteiger partial charge >= 0.3 is 0 Å². The van der Waals surface area contributed by atoms with Crippen LogP contribution in [0.25, 0.3) is 0 Å². The zero-order valence-electron chi connectivity index (χ0n) is 13.4. The van der Waals surface area contributed by atoms with Crippen molar-refractivity contribution < 1.29 is 9.90 Å². The molecule has 0 bridgehead atoms. The maximum atomic E-state index is 12.4. The van der Waals surface area contributed by atoms with Crippen LogP contribution in [0.5, 0.6) is 0 Å². The van der Waals surface area contributed by atoms with Gasteiger partial charge in [-0.3, -0.25) is 4.79 Å². The predicted molar refractivity (Wildman–Crippen MR) is 89.6 cm³/mol. The summed E-state index contributed by atoms with van der Waals surface area (Å²) in [5, 5.41) is 15.4. The fourth-order valence-electron chi connectivity index (χ4n) is 2.14. The van der Waals surface area contributed by atoms with Gasteiger partial charge in [-0.2, -0.15) is 0 Å². The van der Waals surface area contributed by atoms with Gasteiger partial charge in [-0.1, -0.05) is 26.3 Å². The first-order valence-corrected chi connectivity index (χ1v) is 7.69. The first-order valence-electron chi connectivity index (χ1n) is 7.69. The lowest BCUT2D eigenvalue weighted by Crippen LogP contribution is -2.41. The van der Waals surface area contributed by atoms with Gasteiger partial charge in [0.25, 0.3) is 5.91 Å². The van der Waals surface area contributed by atoms with Gasteiger partial charge in [-0.15, -0.1) is 0 Å². The smallest absolute Gasteiger partial charge is 0.251 e. The van der Waals surface area contributed by atoms with E-state index in [0.717, 1.165) is 12.1 Å². The topological polar surface area (TPSA) is 87.1 Å². The van der Waals surface area contributed by atoms with Crippen LogP contribution in [0.2, 0.25) is 0 Å². The molecule has 1 heterocycles. The third-order valence-corrected chi connectivity index (χ3v) is 3.79. The van der Waals surface area contributed by atoms with Crippen LogP contribution in [0, 0.1) is 5.92 Å². The third kappa shape index (κ3) is 4.75. The monoisotopic (exact) mass is 314 g/mol. The van der Waals surface area contributed by atoms with Gasteiger partial charge in [0.2, 0.25) is 5.95 Å². The van der Waals surface area contributed by atoms with Crippen LogP contribution < -0.4 is 10.6 Å². The molecule has 6 nitrogen and oxygen atoms in total. The lowest BCUT2D eigenvalue weighted by molar-refractivity contribution is 0.0891. The third-order valence-electron chi connectivity index (χ3n) is 3.79. The Hall–Kier alpha value is -2.47. The molecule has 0 spiro atoms. The molecule has 1 amide bonds. The van der Waals surface area contributed by atoms with Gasteiger partial charge in [0.05, 0.1) is 12.6 Å². The second-order valence-corrected chi connectivity index (χ2v) is 5.43. The molecule has 0 saturated carbocycles. The average molecular weight is 314 g/mol. The van der Waals surface area contributed by atoms with E-state index in [4.69, 9.17) is 0 Å². The largest absolute Gasteiger partial charge is 0.394 e. The van der Waals surface area contributed by atoms with Crippen LogP contribution in [0.3, 0.4) is 0 Å². The summed E-state index contributed by atoms with van der Waals surface area (Å²) < 4.78 is 0. The number of nitrogens with one attached hydrogen (secondary N) is 2. The zero-order chi connectivity index (χ0) is 16.7. The lowest BCUT2D eigenvalue weighted by Gasteiger charge is -2.22. The standard InChI is InChI=1S/C17H22N4O2/c1-3-12(2)15(11-22)21-16(23)13-6-4-7-14(10-13)20-17-18-8-5-9-19-17/h4-10,12,15,22H,3,11H2,1-2H3,(H,21,23)(H,18,19,20)/t12-,15+/m0/s1. The summed E-state index contributed by atoms with van der Waals surface area (Å²) in [6.45, 7) is 3.96. The number of hydrogen-bond donors (Lipinski definition) is 3. The first-order chi connectivity index (χ1) is 11.1. The van der Waals surface area contributed by atoms with Crippen molar-refractivity contribution in [2.45, 2.75) is 26.3 Å². The summed E-state index contributed by atoms with van der Waals surface area (Å²) in [5.41, 5.74) is 1.25. The van der Waals surface area contributed by atoms with E-state index in [1.54, 1.807) is 36.7 Å². The number of nitrogens with zero attached hydrogens (tertiary/aromatic N) is 2. The van der Waals surface area contributed by atoms with E-state index < -0.39 is 0 Å². The second kappa shape index (κ2) is 8.24. The number of amides is 1. The summed E-state index contributed by atoms with van der Waals surface area (Å²) in [4.78, 5) is 20.5. The van der Waals surface area contributed by atoms with Crippen LogP contribution in [0.4, 0.5) is 11.6 Å². The van der Waals surface area contributed by atoms with Crippen LogP contribution in [0.15, 0.2) is 42.7 Å². The number of carbonyl (C=O) groups is 1. The number of aromatic nitrogens is 2. The van der Waals surface area contributed by atoms with Crippen LogP contribution in [-0.2, 0) is 0 Å². The summed E-state index contributed by atoms with van der Waals surface area (Å²) in [6.07, 6.45) is 4.17. The number of carbonyl (C=O) groups excluding carboxylic acids is 1. The number of aliphatic hydroxyl groups is 1. The predicted octanol–water partition coefficient (Wildman–Crippen LogP) is 2.36. The average Bonchev–Trinajstić information content (AvgIpc) is 2.60. The highest BCUT2D eigenvalue weighted by Crippen LogP contribution is 2.15.